The topological polar surface area (TPSA) is 81.1 Å². The number of carbonyl (C=O) groups excluding carboxylic acids is 1. The molecule has 0 saturated carbocycles. The molecule has 1 unspecified atom stereocenters. The van der Waals surface area contributed by atoms with Crippen molar-refractivity contribution in [2.45, 2.75) is 37.4 Å². The van der Waals surface area contributed by atoms with Crippen molar-refractivity contribution in [3.63, 3.8) is 0 Å². The quantitative estimate of drug-likeness (QED) is 0.152. The van der Waals surface area contributed by atoms with Gasteiger partial charge in [0.05, 0.1) is 5.57 Å². The van der Waals surface area contributed by atoms with Gasteiger partial charge in [-0.05, 0) is 73.0 Å². The molecule has 5 aromatic rings. The van der Waals surface area contributed by atoms with Crippen LogP contribution in [0.2, 0.25) is 15.1 Å². The molecule has 1 atom stereocenters. The zero-order valence-corrected chi connectivity index (χ0v) is 27.4. The summed E-state index contributed by atoms with van der Waals surface area (Å²) in [5.41, 5.74) is 5.50. The smallest absolute Gasteiger partial charge is 0.255 e. The Labute approximate surface area is 280 Å². The summed E-state index contributed by atoms with van der Waals surface area (Å²) in [5, 5.41) is 13.5. The zero-order chi connectivity index (χ0) is 31.5. The van der Waals surface area contributed by atoms with E-state index in [9.17, 15) is 4.79 Å². The summed E-state index contributed by atoms with van der Waals surface area (Å²) in [6.07, 6.45) is 0. The Hall–Kier alpha value is -3.95. The maximum absolute atomic E-state index is 13.9. The number of halogens is 3. The molecule has 45 heavy (non-hydrogen) atoms. The van der Waals surface area contributed by atoms with Crippen LogP contribution in [-0.4, -0.2) is 20.7 Å². The van der Waals surface area contributed by atoms with Crippen molar-refractivity contribution >= 4 is 64.1 Å². The SMILES string of the molecule is CC1=C(C(=O)Nc2cccc(C)c2)C(c2ccc(OCc3c(Cl)cccc3Cl)cc2)n2nc(SCc3ccccc3Cl)nc2N1. The number of allylic oxidation sites excluding steroid dienone is 1. The summed E-state index contributed by atoms with van der Waals surface area (Å²) in [6, 6.07) is 27.8. The number of anilines is 2. The number of hydrogen-bond donors (Lipinski definition) is 2. The van der Waals surface area contributed by atoms with Gasteiger partial charge in [-0.25, -0.2) is 4.68 Å². The van der Waals surface area contributed by atoms with Crippen molar-refractivity contribution in [2.24, 2.45) is 0 Å². The Morgan fingerprint density at radius 2 is 1.64 bits per heavy atom. The number of aryl methyl sites for hydroxylation is 1. The third-order valence-electron chi connectivity index (χ3n) is 7.31. The molecule has 1 aliphatic heterocycles. The summed E-state index contributed by atoms with van der Waals surface area (Å²) in [6.45, 7) is 4.07. The van der Waals surface area contributed by atoms with Gasteiger partial charge in [0.15, 0.2) is 0 Å². The Morgan fingerprint density at radius 1 is 0.933 bits per heavy atom. The normalized spacial score (nSPS) is 14.1. The Morgan fingerprint density at radius 3 is 2.38 bits per heavy atom. The van der Waals surface area contributed by atoms with E-state index < -0.39 is 6.04 Å². The van der Waals surface area contributed by atoms with E-state index in [4.69, 9.17) is 49.6 Å². The largest absolute Gasteiger partial charge is 0.489 e. The number of rotatable bonds is 9. The fourth-order valence-electron chi connectivity index (χ4n) is 5.05. The number of carbonyl (C=O) groups is 1. The average molecular weight is 677 g/mol. The highest BCUT2D eigenvalue weighted by Gasteiger charge is 2.34. The number of nitrogens with one attached hydrogen (secondary N) is 2. The Balaban J connectivity index is 1.30. The van der Waals surface area contributed by atoms with Crippen molar-refractivity contribution in [2.75, 3.05) is 10.6 Å². The number of fused-ring (bicyclic) bond motifs is 1. The second kappa shape index (κ2) is 13.6. The minimum atomic E-state index is -0.555. The molecule has 0 bridgehead atoms. The maximum atomic E-state index is 13.9. The number of amides is 1. The lowest BCUT2D eigenvalue weighted by atomic mass is 9.95. The van der Waals surface area contributed by atoms with E-state index in [2.05, 4.69) is 10.6 Å². The molecule has 1 aliphatic rings. The molecule has 6 rings (SSSR count). The van der Waals surface area contributed by atoms with Crippen molar-refractivity contribution in [1.82, 2.24) is 14.8 Å². The third kappa shape index (κ3) is 6.99. The molecule has 2 heterocycles. The van der Waals surface area contributed by atoms with Gasteiger partial charge in [0.1, 0.15) is 18.4 Å². The molecule has 7 nitrogen and oxygen atoms in total. The van der Waals surface area contributed by atoms with Gasteiger partial charge in [-0.1, -0.05) is 95.1 Å². The molecule has 1 amide bonds. The van der Waals surface area contributed by atoms with Crippen molar-refractivity contribution in [3.05, 3.63) is 140 Å². The van der Waals surface area contributed by atoms with E-state index in [0.717, 1.165) is 16.7 Å². The molecule has 2 N–H and O–H groups in total. The van der Waals surface area contributed by atoms with Crippen LogP contribution in [0, 0.1) is 6.92 Å². The molecule has 4 aromatic carbocycles. The van der Waals surface area contributed by atoms with Gasteiger partial charge in [0.25, 0.3) is 5.91 Å². The molecule has 11 heteroatoms. The molecular weight excluding hydrogens is 649 g/mol. The van der Waals surface area contributed by atoms with Crippen LogP contribution in [-0.2, 0) is 17.2 Å². The number of thioether (sulfide) groups is 1. The van der Waals surface area contributed by atoms with Gasteiger partial charge in [-0.3, -0.25) is 4.79 Å². The first-order valence-corrected chi connectivity index (χ1v) is 16.2. The predicted octanol–water partition coefficient (Wildman–Crippen LogP) is 9.35. The average Bonchev–Trinajstić information content (AvgIpc) is 3.42. The number of hydrogen-bond acceptors (Lipinski definition) is 6. The maximum Gasteiger partial charge on any atom is 0.255 e. The summed E-state index contributed by atoms with van der Waals surface area (Å²) >= 11 is 20.5. The third-order valence-corrected chi connectivity index (χ3v) is 9.27. The van der Waals surface area contributed by atoms with Crippen LogP contribution in [0.5, 0.6) is 5.75 Å². The minimum Gasteiger partial charge on any atom is -0.489 e. The van der Waals surface area contributed by atoms with Crippen LogP contribution in [0.3, 0.4) is 0 Å². The van der Waals surface area contributed by atoms with E-state index in [1.807, 2.05) is 86.6 Å². The summed E-state index contributed by atoms with van der Waals surface area (Å²) in [7, 11) is 0. The number of nitrogens with zero attached hydrogens (tertiary/aromatic N) is 3. The number of benzene rings is 4. The van der Waals surface area contributed by atoms with Gasteiger partial charge in [0.2, 0.25) is 11.1 Å². The monoisotopic (exact) mass is 675 g/mol. The van der Waals surface area contributed by atoms with Crippen LogP contribution < -0.4 is 15.4 Å². The number of aromatic nitrogens is 3. The van der Waals surface area contributed by atoms with Crippen LogP contribution in [0.15, 0.2) is 107 Å². The summed E-state index contributed by atoms with van der Waals surface area (Å²) in [4.78, 5) is 18.6. The lowest BCUT2D eigenvalue weighted by Crippen LogP contribution is -2.31. The van der Waals surface area contributed by atoms with E-state index in [1.54, 1.807) is 22.9 Å². The van der Waals surface area contributed by atoms with Gasteiger partial charge in [-0.2, -0.15) is 4.98 Å². The first kappa shape index (κ1) is 31.0. The van der Waals surface area contributed by atoms with Crippen molar-refractivity contribution < 1.29 is 9.53 Å². The van der Waals surface area contributed by atoms with Crippen LogP contribution >= 0.6 is 46.6 Å². The first-order chi connectivity index (χ1) is 21.8. The second-order valence-corrected chi connectivity index (χ2v) is 12.7. The fourth-order valence-corrected chi connectivity index (χ4v) is 6.67. The standard InChI is InChI=1S/C34H28Cl3N5O2S/c1-20-7-5-9-24(17-20)39-32(43)30-21(2)38-33-40-34(45-19-23-8-3-4-10-27(23)35)41-42(33)31(30)22-13-15-25(16-14-22)44-18-26-28(36)11-6-12-29(26)37/h3-17,31H,18-19H2,1-2H3,(H,39,43)(H,38,40,41). The zero-order valence-electron chi connectivity index (χ0n) is 24.4. The van der Waals surface area contributed by atoms with Gasteiger partial charge >= 0.3 is 0 Å². The van der Waals surface area contributed by atoms with E-state index in [1.165, 1.54) is 11.8 Å². The second-order valence-electron chi connectivity index (χ2n) is 10.5. The lowest BCUT2D eigenvalue weighted by molar-refractivity contribution is -0.113. The van der Waals surface area contributed by atoms with Crippen LogP contribution in [0.25, 0.3) is 0 Å². The van der Waals surface area contributed by atoms with E-state index in [-0.39, 0.29) is 12.5 Å². The lowest BCUT2D eigenvalue weighted by Gasteiger charge is -2.28. The van der Waals surface area contributed by atoms with E-state index in [0.29, 0.717) is 60.2 Å². The van der Waals surface area contributed by atoms with Gasteiger partial charge < -0.3 is 15.4 Å². The molecule has 1 aromatic heterocycles. The minimum absolute atomic E-state index is 0.216. The van der Waals surface area contributed by atoms with Crippen molar-refractivity contribution in [1.29, 1.82) is 0 Å². The molecule has 0 radical (unpaired) electrons. The fraction of sp³-hybridized carbons (Fsp3) is 0.147. The highest BCUT2D eigenvalue weighted by atomic mass is 35.5. The Bertz CT molecular complexity index is 1890. The number of ether oxygens (including phenoxy) is 1. The molecule has 228 valence electrons. The van der Waals surface area contributed by atoms with Crippen LogP contribution in [0.1, 0.15) is 35.2 Å². The van der Waals surface area contributed by atoms with Gasteiger partial charge in [-0.15, -0.1) is 5.10 Å². The first-order valence-electron chi connectivity index (χ1n) is 14.1. The molecular formula is C34H28Cl3N5O2S. The van der Waals surface area contributed by atoms with Crippen LogP contribution in [0.4, 0.5) is 11.6 Å². The predicted molar refractivity (Wildman–Crippen MR) is 183 cm³/mol. The van der Waals surface area contributed by atoms with Gasteiger partial charge in [0, 0.05) is 37.8 Å². The molecule has 0 aliphatic carbocycles. The highest BCUT2D eigenvalue weighted by Crippen LogP contribution is 2.38. The summed E-state index contributed by atoms with van der Waals surface area (Å²) < 4.78 is 7.77. The Kier molecular flexibility index (Phi) is 9.37. The highest BCUT2D eigenvalue weighted by molar-refractivity contribution is 7.98. The van der Waals surface area contributed by atoms with E-state index >= 15 is 0 Å². The molecule has 0 saturated heterocycles. The summed E-state index contributed by atoms with van der Waals surface area (Å²) in [5.74, 6) is 1.53. The van der Waals surface area contributed by atoms with Crippen molar-refractivity contribution in [3.8, 4) is 5.75 Å². The molecule has 0 fully saturated rings. The molecule has 0 spiro atoms.